The van der Waals surface area contributed by atoms with E-state index in [1.165, 1.54) is 5.69 Å². The highest BCUT2D eigenvalue weighted by atomic mass is 32.1. The van der Waals surface area contributed by atoms with E-state index in [1.54, 1.807) is 11.3 Å². The van der Waals surface area contributed by atoms with Crippen LogP contribution in [0.15, 0.2) is 17.6 Å². The molecule has 130 valence electrons. The van der Waals surface area contributed by atoms with Gasteiger partial charge in [0.1, 0.15) is 0 Å². The van der Waals surface area contributed by atoms with Gasteiger partial charge in [0.05, 0.1) is 36.2 Å². The van der Waals surface area contributed by atoms with Crippen molar-refractivity contribution in [2.24, 2.45) is 5.92 Å². The summed E-state index contributed by atoms with van der Waals surface area (Å²) in [5, 5.41) is 7.66. The van der Waals surface area contributed by atoms with Crippen molar-refractivity contribution < 1.29 is 9.47 Å². The quantitative estimate of drug-likeness (QED) is 0.828. The monoisotopic (exact) mass is 348 g/mol. The maximum Gasteiger partial charge on any atom is 0.0898 e. The molecule has 1 fully saturated rings. The van der Waals surface area contributed by atoms with Gasteiger partial charge in [0.25, 0.3) is 0 Å². The minimum absolute atomic E-state index is 0.437. The van der Waals surface area contributed by atoms with Crippen molar-refractivity contribution >= 4 is 11.3 Å². The largest absolute Gasteiger partial charge is 0.380 e. The van der Waals surface area contributed by atoms with Gasteiger partial charge in [0, 0.05) is 49.8 Å². The Morgan fingerprint density at radius 1 is 1.42 bits per heavy atom. The summed E-state index contributed by atoms with van der Waals surface area (Å²) in [5.74, 6) is 0.437. The fraction of sp³-hybridized carbons (Fsp3) is 0.647. The zero-order valence-electron chi connectivity index (χ0n) is 14.1. The summed E-state index contributed by atoms with van der Waals surface area (Å²) in [4.78, 5) is 7.02. The first-order valence-electron chi connectivity index (χ1n) is 8.59. The van der Waals surface area contributed by atoms with E-state index in [0.29, 0.717) is 18.6 Å². The van der Waals surface area contributed by atoms with Crippen molar-refractivity contribution in [3.8, 4) is 0 Å². The van der Waals surface area contributed by atoms with Gasteiger partial charge in [-0.05, 0) is 19.4 Å². The SMILES string of the molecule is Cc1nc(COC[C@@H]2CN([C@H]3CCOC3)Cc3ccnn3C2)cs1. The van der Waals surface area contributed by atoms with E-state index in [-0.39, 0.29) is 0 Å². The van der Waals surface area contributed by atoms with Crippen molar-refractivity contribution in [1.82, 2.24) is 19.7 Å². The first-order valence-corrected chi connectivity index (χ1v) is 9.47. The van der Waals surface area contributed by atoms with Gasteiger partial charge in [-0.15, -0.1) is 11.3 Å². The van der Waals surface area contributed by atoms with Crippen molar-refractivity contribution in [1.29, 1.82) is 0 Å². The van der Waals surface area contributed by atoms with Crippen LogP contribution in [0.5, 0.6) is 0 Å². The topological polar surface area (TPSA) is 52.4 Å². The highest BCUT2D eigenvalue weighted by molar-refractivity contribution is 7.09. The zero-order chi connectivity index (χ0) is 16.4. The predicted molar refractivity (Wildman–Crippen MR) is 91.9 cm³/mol. The summed E-state index contributed by atoms with van der Waals surface area (Å²) in [6.07, 6.45) is 3.03. The van der Waals surface area contributed by atoms with Crippen molar-refractivity contribution in [3.05, 3.63) is 34.0 Å². The molecule has 24 heavy (non-hydrogen) atoms. The van der Waals surface area contributed by atoms with E-state index in [2.05, 4.69) is 31.1 Å². The van der Waals surface area contributed by atoms with E-state index in [9.17, 15) is 0 Å². The number of hydrogen-bond acceptors (Lipinski definition) is 6. The van der Waals surface area contributed by atoms with Gasteiger partial charge in [0.15, 0.2) is 0 Å². The van der Waals surface area contributed by atoms with Crippen LogP contribution in [0, 0.1) is 12.8 Å². The van der Waals surface area contributed by atoms with Gasteiger partial charge in [0.2, 0.25) is 0 Å². The number of aryl methyl sites for hydroxylation is 1. The molecule has 0 radical (unpaired) electrons. The molecule has 0 amide bonds. The Labute approximate surface area is 146 Å². The molecule has 2 aliphatic rings. The molecule has 0 bridgehead atoms. The van der Waals surface area contributed by atoms with Gasteiger partial charge in [-0.2, -0.15) is 5.10 Å². The molecule has 0 unspecified atom stereocenters. The average molecular weight is 348 g/mol. The summed E-state index contributed by atoms with van der Waals surface area (Å²) in [6.45, 7) is 8.00. The molecule has 2 aromatic heterocycles. The van der Waals surface area contributed by atoms with Crippen molar-refractivity contribution in [3.63, 3.8) is 0 Å². The van der Waals surface area contributed by atoms with Crippen molar-refractivity contribution in [2.75, 3.05) is 26.4 Å². The molecule has 4 heterocycles. The minimum Gasteiger partial charge on any atom is -0.380 e. The van der Waals surface area contributed by atoms with E-state index in [1.807, 2.05) is 13.1 Å². The summed E-state index contributed by atoms with van der Waals surface area (Å²) < 4.78 is 13.7. The lowest BCUT2D eigenvalue weighted by Gasteiger charge is -2.28. The summed E-state index contributed by atoms with van der Waals surface area (Å²) in [5.41, 5.74) is 2.33. The van der Waals surface area contributed by atoms with Crippen LogP contribution < -0.4 is 0 Å². The van der Waals surface area contributed by atoms with E-state index in [0.717, 1.165) is 56.6 Å². The molecule has 1 saturated heterocycles. The Morgan fingerprint density at radius 2 is 2.38 bits per heavy atom. The first kappa shape index (κ1) is 16.2. The normalized spacial score (nSPS) is 24.9. The van der Waals surface area contributed by atoms with Crippen LogP contribution in [0.4, 0.5) is 0 Å². The lowest BCUT2D eigenvalue weighted by atomic mass is 10.1. The number of rotatable bonds is 5. The third-order valence-corrected chi connectivity index (χ3v) is 5.61. The zero-order valence-corrected chi connectivity index (χ0v) is 14.9. The maximum absolute atomic E-state index is 5.98. The molecule has 2 aromatic rings. The Kier molecular flexibility index (Phi) is 4.93. The first-order chi connectivity index (χ1) is 11.8. The fourth-order valence-electron chi connectivity index (χ4n) is 3.56. The van der Waals surface area contributed by atoms with E-state index < -0.39 is 0 Å². The van der Waals surface area contributed by atoms with Crippen LogP contribution in [-0.2, 0) is 29.2 Å². The molecular formula is C17H24N4O2S. The predicted octanol–water partition coefficient (Wildman–Crippen LogP) is 2.09. The second kappa shape index (κ2) is 7.31. The molecule has 0 saturated carbocycles. The lowest BCUT2D eigenvalue weighted by molar-refractivity contribution is 0.0547. The van der Waals surface area contributed by atoms with E-state index >= 15 is 0 Å². The molecule has 0 aromatic carbocycles. The highest BCUT2D eigenvalue weighted by Gasteiger charge is 2.29. The van der Waals surface area contributed by atoms with Crippen LogP contribution in [0.25, 0.3) is 0 Å². The van der Waals surface area contributed by atoms with Crippen LogP contribution >= 0.6 is 11.3 Å². The van der Waals surface area contributed by atoms with Gasteiger partial charge >= 0.3 is 0 Å². The summed E-state index contributed by atoms with van der Waals surface area (Å²) in [7, 11) is 0. The van der Waals surface area contributed by atoms with Gasteiger partial charge in [-0.1, -0.05) is 0 Å². The summed E-state index contributed by atoms with van der Waals surface area (Å²) in [6, 6.07) is 2.65. The van der Waals surface area contributed by atoms with Gasteiger partial charge in [-0.3, -0.25) is 9.58 Å². The number of nitrogens with zero attached hydrogens (tertiary/aromatic N) is 4. The average Bonchev–Trinajstić information content (AvgIpc) is 3.29. The Morgan fingerprint density at radius 3 is 3.17 bits per heavy atom. The molecule has 2 aliphatic heterocycles. The van der Waals surface area contributed by atoms with Crippen molar-refractivity contribution in [2.45, 2.75) is 39.1 Å². The summed E-state index contributed by atoms with van der Waals surface area (Å²) >= 11 is 1.68. The minimum atomic E-state index is 0.437. The number of thiazole rings is 1. The molecular weight excluding hydrogens is 324 g/mol. The molecule has 2 atom stereocenters. The molecule has 0 aliphatic carbocycles. The standard InChI is InChI=1S/C17H24N4O2S/c1-13-19-15(12-24-13)10-23-9-14-6-20(17-3-5-22-11-17)8-16-2-4-18-21(16)7-14/h2,4,12,14,17H,3,5-11H2,1H3/t14-,17+/m1/s1. The van der Waals surface area contributed by atoms with Crippen LogP contribution in [0.2, 0.25) is 0 Å². The molecule has 6 nitrogen and oxygen atoms in total. The van der Waals surface area contributed by atoms with E-state index in [4.69, 9.17) is 9.47 Å². The highest BCUT2D eigenvalue weighted by Crippen LogP contribution is 2.22. The Bertz CT molecular complexity index is 665. The second-order valence-corrected chi connectivity index (χ2v) is 7.75. The molecule has 0 spiro atoms. The third kappa shape index (κ3) is 3.69. The number of ether oxygens (including phenoxy) is 2. The van der Waals surface area contributed by atoms with Crippen LogP contribution in [0.3, 0.4) is 0 Å². The molecule has 4 rings (SSSR count). The second-order valence-electron chi connectivity index (χ2n) is 6.69. The third-order valence-electron chi connectivity index (χ3n) is 4.79. The maximum atomic E-state index is 5.98. The Hall–Kier alpha value is -1.28. The number of fused-ring (bicyclic) bond motifs is 1. The number of aromatic nitrogens is 3. The van der Waals surface area contributed by atoms with Gasteiger partial charge < -0.3 is 9.47 Å². The number of hydrogen-bond donors (Lipinski definition) is 0. The smallest absolute Gasteiger partial charge is 0.0898 e. The fourth-order valence-corrected chi connectivity index (χ4v) is 4.16. The molecule has 7 heteroatoms. The molecule has 0 N–H and O–H groups in total. The van der Waals surface area contributed by atoms with Crippen LogP contribution in [0.1, 0.15) is 22.8 Å². The Balaban J connectivity index is 1.39. The van der Waals surface area contributed by atoms with Crippen LogP contribution in [-0.4, -0.2) is 52.1 Å². The lowest BCUT2D eigenvalue weighted by Crippen LogP contribution is -2.38. The van der Waals surface area contributed by atoms with Gasteiger partial charge in [-0.25, -0.2) is 4.98 Å².